The molecule has 0 spiro atoms. The van der Waals surface area contributed by atoms with Gasteiger partial charge in [0, 0.05) is 0 Å². The molecule has 0 heterocycles. The van der Waals surface area contributed by atoms with Gasteiger partial charge in [0.15, 0.2) is 0 Å². The van der Waals surface area contributed by atoms with Crippen LogP contribution in [0.15, 0.2) is 11.8 Å². The van der Waals surface area contributed by atoms with Crippen LogP contribution in [-0.2, 0) is 4.79 Å². The Balaban J connectivity index is 4.05. The molecule has 0 aromatic rings. The molecule has 0 radical (unpaired) electrons. The van der Waals surface area contributed by atoms with E-state index in [1.54, 1.807) is 6.92 Å². The van der Waals surface area contributed by atoms with Gasteiger partial charge in [0.05, 0.1) is 4.99 Å². The third kappa shape index (κ3) is 4.08. The van der Waals surface area contributed by atoms with Crippen molar-refractivity contribution < 1.29 is 9.90 Å². The Labute approximate surface area is 77.5 Å². The van der Waals surface area contributed by atoms with Crippen LogP contribution < -0.4 is 5.32 Å². The Hall–Kier alpha value is -0.900. The minimum atomic E-state index is -0.976. The van der Waals surface area contributed by atoms with Crippen LogP contribution in [0.2, 0.25) is 0 Å². The molecule has 0 aromatic carbocycles. The average Bonchev–Trinajstić information content (AvgIpc) is 2.00. The highest BCUT2D eigenvalue weighted by atomic mass is 32.1. The zero-order valence-electron chi connectivity index (χ0n) is 7.26. The number of carbonyl (C=O) groups is 1. The van der Waals surface area contributed by atoms with Gasteiger partial charge in [0.1, 0.15) is 5.70 Å². The van der Waals surface area contributed by atoms with Crippen molar-refractivity contribution >= 4 is 23.2 Å². The highest BCUT2D eigenvalue weighted by molar-refractivity contribution is 7.80. The van der Waals surface area contributed by atoms with Gasteiger partial charge in [-0.05, 0) is 19.8 Å². The third-order valence-electron chi connectivity index (χ3n) is 1.27. The van der Waals surface area contributed by atoms with Crippen LogP contribution in [-0.4, -0.2) is 16.1 Å². The summed E-state index contributed by atoms with van der Waals surface area (Å²) in [4.78, 5) is 11.1. The van der Waals surface area contributed by atoms with Gasteiger partial charge in [-0.25, -0.2) is 4.79 Å². The topological polar surface area (TPSA) is 49.3 Å². The van der Waals surface area contributed by atoms with Crippen molar-refractivity contribution in [2.75, 3.05) is 0 Å². The van der Waals surface area contributed by atoms with E-state index in [-0.39, 0.29) is 5.70 Å². The first-order chi connectivity index (χ1) is 5.61. The summed E-state index contributed by atoms with van der Waals surface area (Å²) in [6, 6.07) is 0. The third-order valence-corrected chi connectivity index (χ3v) is 1.58. The number of hydrogen-bond donors (Lipinski definition) is 2. The van der Waals surface area contributed by atoms with Gasteiger partial charge < -0.3 is 10.4 Å². The molecule has 0 aromatic heterocycles. The normalized spacial score (nSPS) is 11.0. The molecule has 0 aliphatic rings. The highest BCUT2D eigenvalue weighted by Crippen LogP contribution is 1.94. The van der Waals surface area contributed by atoms with E-state index in [4.69, 9.17) is 17.3 Å². The molecule has 4 heteroatoms. The number of aliphatic carboxylic acids is 1. The molecule has 0 saturated carbocycles. The Morgan fingerprint density at radius 1 is 1.67 bits per heavy atom. The van der Waals surface area contributed by atoms with Gasteiger partial charge >= 0.3 is 5.97 Å². The standard InChI is InChI=1S/C8H13NO2S/c1-3-5-7(12)9-6(4-2)8(10)11/h4H,3,5H2,1-2H3,(H,9,12)(H,10,11)/b6-4-. The average molecular weight is 187 g/mol. The molecule has 0 atom stereocenters. The number of allylic oxidation sites excluding steroid dienone is 1. The van der Waals surface area contributed by atoms with Crippen LogP contribution >= 0.6 is 12.2 Å². The summed E-state index contributed by atoms with van der Waals surface area (Å²) < 4.78 is 0. The van der Waals surface area contributed by atoms with Crippen molar-refractivity contribution in [3.05, 3.63) is 11.8 Å². The van der Waals surface area contributed by atoms with Gasteiger partial charge in [-0.1, -0.05) is 25.2 Å². The number of rotatable bonds is 4. The van der Waals surface area contributed by atoms with E-state index in [1.165, 1.54) is 6.08 Å². The van der Waals surface area contributed by atoms with E-state index in [9.17, 15) is 4.79 Å². The van der Waals surface area contributed by atoms with Gasteiger partial charge in [0.25, 0.3) is 0 Å². The zero-order chi connectivity index (χ0) is 9.56. The van der Waals surface area contributed by atoms with E-state index < -0.39 is 5.97 Å². The largest absolute Gasteiger partial charge is 0.477 e. The lowest BCUT2D eigenvalue weighted by molar-refractivity contribution is -0.132. The lowest BCUT2D eigenvalue weighted by Gasteiger charge is -2.05. The van der Waals surface area contributed by atoms with E-state index in [0.717, 1.165) is 12.8 Å². The minimum absolute atomic E-state index is 0.147. The summed E-state index contributed by atoms with van der Waals surface area (Å²) in [5.41, 5.74) is 0.147. The fourth-order valence-corrected chi connectivity index (χ4v) is 1.00. The van der Waals surface area contributed by atoms with Crippen molar-refractivity contribution in [2.45, 2.75) is 26.7 Å². The molecular formula is C8H13NO2S. The first kappa shape index (κ1) is 11.1. The lowest BCUT2D eigenvalue weighted by Crippen LogP contribution is -2.25. The quantitative estimate of drug-likeness (QED) is 0.519. The zero-order valence-corrected chi connectivity index (χ0v) is 8.07. The maximum Gasteiger partial charge on any atom is 0.351 e. The van der Waals surface area contributed by atoms with Crippen LogP contribution in [0, 0.1) is 0 Å². The molecule has 0 aliphatic carbocycles. The van der Waals surface area contributed by atoms with Crippen molar-refractivity contribution in [2.24, 2.45) is 0 Å². The first-order valence-electron chi connectivity index (χ1n) is 3.81. The fourth-order valence-electron chi connectivity index (χ4n) is 0.689. The fraction of sp³-hybridized carbons (Fsp3) is 0.500. The molecule has 0 unspecified atom stereocenters. The van der Waals surface area contributed by atoms with Gasteiger partial charge in [0.2, 0.25) is 0 Å². The van der Waals surface area contributed by atoms with Crippen molar-refractivity contribution in [1.82, 2.24) is 5.32 Å². The Morgan fingerprint density at radius 3 is 2.58 bits per heavy atom. The predicted octanol–water partition coefficient (Wildman–Crippen LogP) is 1.69. The SMILES string of the molecule is C/C=C(\NC(=S)CCC)C(=O)O. The Morgan fingerprint density at radius 2 is 2.25 bits per heavy atom. The first-order valence-corrected chi connectivity index (χ1v) is 4.22. The number of hydrogen-bond acceptors (Lipinski definition) is 2. The molecule has 12 heavy (non-hydrogen) atoms. The minimum Gasteiger partial charge on any atom is -0.477 e. The summed E-state index contributed by atoms with van der Waals surface area (Å²) in [5.74, 6) is -0.976. The molecule has 68 valence electrons. The maximum absolute atomic E-state index is 10.5. The molecule has 2 N–H and O–H groups in total. The summed E-state index contributed by atoms with van der Waals surface area (Å²) in [6.07, 6.45) is 3.13. The van der Waals surface area contributed by atoms with E-state index >= 15 is 0 Å². The molecule has 0 bridgehead atoms. The second-order valence-corrected chi connectivity index (χ2v) is 2.80. The van der Waals surface area contributed by atoms with Crippen LogP contribution in [0.4, 0.5) is 0 Å². The van der Waals surface area contributed by atoms with Crippen LogP contribution in [0.1, 0.15) is 26.7 Å². The van der Waals surface area contributed by atoms with E-state index in [2.05, 4.69) is 5.32 Å². The van der Waals surface area contributed by atoms with Crippen molar-refractivity contribution in [1.29, 1.82) is 0 Å². The molecule has 0 saturated heterocycles. The Bertz CT molecular complexity index is 211. The summed E-state index contributed by atoms with van der Waals surface area (Å²) in [6.45, 7) is 3.65. The second kappa shape index (κ2) is 5.71. The van der Waals surface area contributed by atoms with E-state index in [1.807, 2.05) is 6.92 Å². The number of carboxylic acid groups (broad SMARTS) is 1. The molecule has 3 nitrogen and oxygen atoms in total. The summed E-state index contributed by atoms with van der Waals surface area (Å²) >= 11 is 4.90. The second-order valence-electron chi connectivity index (χ2n) is 2.31. The van der Waals surface area contributed by atoms with Gasteiger partial charge in [-0.2, -0.15) is 0 Å². The molecule has 0 rings (SSSR count). The monoisotopic (exact) mass is 187 g/mol. The van der Waals surface area contributed by atoms with Gasteiger partial charge in [-0.3, -0.25) is 0 Å². The predicted molar refractivity (Wildman–Crippen MR) is 52.0 cm³/mol. The lowest BCUT2D eigenvalue weighted by atomic mass is 10.3. The summed E-state index contributed by atoms with van der Waals surface area (Å²) in [7, 11) is 0. The highest BCUT2D eigenvalue weighted by Gasteiger charge is 2.06. The number of nitrogens with one attached hydrogen (secondary N) is 1. The summed E-state index contributed by atoms with van der Waals surface area (Å²) in [5, 5.41) is 11.3. The van der Waals surface area contributed by atoms with Crippen LogP contribution in [0.25, 0.3) is 0 Å². The molecule has 0 aliphatic heterocycles. The number of thiocarbonyl (C=S) groups is 1. The molecule has 0 amide bonds. The van der Waals surface area contributed by atoms with Crippen molar-refractivity contribution in [3.63, 3.8) is 0 Å². The van der Waals surface area contributed by atoms with Gasteiger partial charge in [-0.15, -0.1) is 0 Å². The molecular weight excluding hydrogens is 174 g/mol. The van der Waals surface area contributed by atoms with Crippen LogP contribution in [0.3, 0.4) is 0 Å². The van der Waals surface area contributed by atoms with E-state index in [0.29, 0.717) is 4.99 Å². The number of carboxylic acids is 1. The smallest absolute Gasteiger partial charge is 0.351 e. The Kier molecular flexibility index (Phi) is 5.28. The van der Waals surface area contributed by atoms with Crippen LogP contribution in [0.5, 0.6) is 0 Å². The molecule has 0 fully saturated rings. The maximum atomic E-state index is 10.5. The van der Waals surface area contributed by atoms with Crippen molar-refractivity contribution in [3.8, 4) is 0 Å².